The molecule has 0 aliphatic heterocycles. The molecule has 0 saturated heterocycles. The number of nitrogens with zero attached hydrogens (tertiary/aromatic N) is 2. The van der Waals surface area contributed by atoms with Crippen LogP contribution >= 0.6 is 0 Å². The number of fused-ring (bicyclic) bond motifs is 1. The number of carbonyl (C=O) groups excluding carboxylic acids is 1. The molecular formula is C22H16N4O3. The summed E-state index contributed by atoms with van der Waals surface area (Å²) in [5, 5.41) is 11.0. The van der Waals surface area contributed by atoms with E-state index in [0.29, 0.717) is 16.5 Å². The molecule has 3 aromatic carbocycles. The largest absolute Gasteiger partial charge is 0.457 e. The molecule has 7 heteroatoms. The SMILES string of the molecule is O=C(N/N=C\c1cccc(Oc2ccccc2)c1)c1n[nH]c(=O)c2ccccc12. The van der Waals surface area contributed by atoms with Crippen LogP contribution in [0.15, 0.2) is 88.8 Å². The van der Waals surface area contributed by atoms with Crippen molar-refractivity contribution in [3.63, 3.8) is 0 Å². The van der Waals surface area contributed by atoms with Gasteiger partial charge in [-0.1, -0.05) is 48.5 Å². The normalized spacial score (nSPS) is 10.9. The second-order valence-corrected chi connectivity index (χ2v) is 6.13. The topological polar surface area (TPSA) is 96.4 Å². The fourth-order valence-corrected chi connectivity index (χ4v) is 2.79. The molecule has 142 valence electrons. The molecule has 1 amide bonds. The molecule has 29 heavy (non-hydrogen) atoms. The number of nitrogens with one attached hydrogen (secondary N) is 2. The number of carbonyl (C=O) groups is 1. The van der Waals surface area contributed by atoms with Crippen LogP contribution in [0.4, 0.5) is 0 Å². The lowest BCUT2D eigenvalue weighted by atomic mass is 10.1. The highest BCUT2D eigenvalue weighted by molar-refractivity contribution is 6.04. The van der Waals surface area contributed by atoms with E-state index in [-0.39, 0.29) is 11.3 Å². The summed E-state index contributed by atoms with van der Waals surface area (Å²) in [5.74, 6) is 0.857. The Morgan fingerprint density at radius 1 is 0.931 bits per heavy atom. The Morgan fingerprint density at radius 2 is 1.66 bits per heavy atom. The first kappa shape index (κ1) is 18.1. The summed E-state index contributed by atoms with van der Waals surface area (Å²) in [4.78, 5) is 24.3. The Labute approximate surface area is 165 Å². The highest BCUT2D eigenvalue weighted by Crippen LogP contribution is 2.21. The standard InChI is InChI=1S/C22H16N4O3/c27-21-19-12-5-4-11-18(19)20(24-26-21)22(28)25-23-14-15-7-6-10-17(13-15)29-16-8-2-1-3-9-16/h1-14H,(H,25,28)(H,26,27)/b23-14-. The number of amides is 1. The van der Waals surface area contributed by atoms with Gasteiger partial charge in [-0.25, -0.2) is 10.5 Å². The molecule has 1 aromatic heterocycles. The summed E-state index contributed by atoms with van der Waals surface area (Å²) in [6.45, 7) is 0. The van der Waals surface area contributed by atoms with Crippen molar-refractivity contribution < 1.29 is 9.53 Å². The van der Waals surface area contributed by atoms with Gasteiger partial charge >= 0.3 is 0 Å². The molecule has 4 aromatic rings. The maximum atomic E-state index is 12.4. The first-order chi connectivity index (χ1) is 14.2. The van der Waals surface area contributed by atoms with Gasteiger partial charge in [0, 0.05) is 5.39 Å². The van der Waals surface area contributed by atoms with Gasteiger partial charge in [-0.05, 0) is 35.9 Å². The molecule has 0 aliphatic rings. The summed E-state index contributed by atoms with van der Waals surface area (Å²) in [6, 6.07) is 23.5. The van der Waals surface area contributed by atoms with Gasteiger partial charge in [0.05, 0.1) is 11.6 Å². The van der Waals surface area contributed by atoms with E-state index in [0.717, 1.165) is 11.3 Å². The van der Waals surface area contributed by atoms with Crippen LogP contribution in [0.2, 0.25) is 0 Å². The van der Waals surface area contributed by atoms with Gasteiger partial charge in [-0.15, -0.1) is 0 Å². The quantitative estimate of drug-likeness (QED) is 0.407. The maximum absolute atomic E-state index is 12.4. The Hall–Kier alpha value is -4.26. The van der Waals surface area contributed by atoms with Crippen LogP contribution in [0.25, 0.3) is 10.8 Å². The predicted octanol–water partition coefficient (Wildman–Crippen LogP) is 3.48. The van der Waals surface area contributed by atoms with Gasteiger partial charge in [-0.2, -0.15) is 10.2 Å². The zero-order chi connectivity index (χ0) is 20.1. The summed E-state index contributed by atoms with van der Waals surface area (Å²) in [7, 11) is 0. The van der Waals surface area contributed by atoms with Crippen LogP contribution in [-0.4, -0.2) is 22.3 Å². The minimum atomic E-state index is -0.523. The van der Waals surface area contributed by atoms with E-state index in [1.807, 2.05) is 48.5 Å². The highest BCUT2D eigenvalue weighted by Gasteiger charge is 2.13. The average molecular weight is 384 g/mol. The molecule has 0 spiro atoms. The Bertz CT molecular complexity index is 1250. The number of benzene rings is 3. The Morgan fingerprint density at radius 3 is 2.48 bits per heavy atom. The fourth-order valence-electron chi connectivity index (χ4n) is 2.79. The van der Waals surface area contributed by atoms with Crippen molar-refractivity contribution in [2.24, 2.45) is 5.10 Å². The first-order valence-corrected chi connectivity index (χ1v) is 8.84. The Kier molecular flexibility index (Phi) is 5.11. The average Bonchev–Trinajstić information content (AvgIpc) is 2.75. The number of ether oxygens (including phenoxy) is 1. The van der Waals surface area contributed by atoms with Crippen molar-refractivity contribution in [2.45, 2.75) is 0 Å². The van der Waals surface area contributed by atoms with Crippen LogP contribution in [0.5, 0.6) is 11.5 Å². The zero-order valence-corrected chi connectivity index (χ0v) is 15.2. The fraction of sp³-hybridized carbons (Fsp3) is 0. The van der Waals surface area contributed by atoms with E-state index in [2.05, 4.69) is 20.7 Å². The molecule has 4 rings (SSSR count). The van der Waals surface area contributed by atoms with E-state index in [9.17, 15) is 9.59 Å². The lowest BCUT2D eigenvalue weighted by Gasteiger charge is -2.06. The lowest BCUT2D eigenvalue weighted by Crippen LogP contribution is -2.22. The second-order valence-electron chi connectivity index (χ2n) is 6.13. The number of aromatic amines is 1. The van der Waals surface area contributed by atoms with Crippen LogP contribution in [0, 0.1) is 0 Å². The molecule has 2 N–H and O–H groups in total. The zero-order valence-electron chi connectivity index (χ0n) is 15.2. The van der Waals surface area contributed by atoms with Crippen molar-refractivity contribution >= 4 is 22.9 Å². The molecule has 0 unspecified atom stereocenters. The Balaban J connectivity index is 1.48. The summed E-state index contributed by atoms with van der Waals surface area (Å²) < 4.78 is 5.78. The van der Waals surface area contributed by atoms with Crippen LogP contribution in [-0.2, 0) is 0 Å². The van der Waals surface area contributed by atoms with Gasteiger partial charge in [-0.3, -0.25) is 9.59 Å². The summed E-state index contributed by atoms with van der Waals surface area (Å²) in [5.41, 5.74) is 2.93. The van der Waals surface area contributed by atoms with Gasteiger partial charge < -0.3 is 4.74 Å². The molecule has 1 heterocycles. The third-order valence-electron chi connectivity index (χ3n) is 4.13. The highest BCUT2D eigenvalue weighted by atomic mass is 16.5. The van der Waals surface area contributed by atoms with Crippen molar-refractivity contribution in [3.8, 4) is 11.5 Å². The molecule has 0 aliphatic carbocycles. The van der Waals surface area contributed by atoms with Crippen molar-refractivity contribution in [2.75, 3.05) is 0 Å². The van der Waals surface area contributed by atoms with Gasteiger partial charge in [0.2, 0.25) is 0 Å². The van der Waals surface area contributed by atoms with Crippen LogP contribution in [0.3, 0.4) is 0 Å². The second kappa shape index (κ2) is 8.18. The smallest absolute Gasteiger partial charge is 0.292 e. The molecule has 0 radical (unpaired) electrons. The molecular weight excluding hydrogens is 368 g/mol. The van der Waals surface area contributed by atoms with E-state index < -0.39 is 5.91 Å². The number of H-pyrrole nitrogens is 1. The van der Waals surface area contributed by atoms with Gasteiger partial charge in [0.25, 0.3) is 11.5 Å². The minimum absolute atomic E-state index is 0.0958. The number of para-hydroxylation sites is 1. The van der Waals surface area contributed by atoms with E-state index in [1.54, 1.807) is 30.3 Å². The van der Waals surface area contributed by atoms with E-state index in [1.165, 1.54) is 6.21 Å². The predicted molar refractivity (Wildman–Crippen MR) is 110 cm³/mol. The molecule has 0 saturated carbocycles. The summed E-state index contributed by atoms with van der Waals surface area (Å²) >= 11 is 0. The monoisotopic (exact) mass is 384 g/mol. The molecule has 0 atom stereocenters. The number of aromatic nitrogens is 2. The number of hydrazone groups is 1. The number of hydrogen-bond donors (Lipinski definition) is 2. The van der Waals surface area contributed by atoms with Crippen LogP contribution < -0.4 is 15.7 Å². The number of hydrogen-bond acceptors (Lipinski definition) is 5. The van der Waals surface area contributed by atoms with Gasteiger partial charge in [0.15, 0.2) is 5.69 Å². The van der Waals surface area contributed by atoms with Crippen molar-refractivity contribution in [3.05, 3.63) is 100 Å². The van der Waals surface area contributed by atoms with Crippen molar-refractivity contribution in [1.29, 1.82) is 0 Å². The van der Waals surface area contributed by atoms with Gasteiger partial charge in [0.1, 0.15) is 11.5 Å². The minimum Gasteiger partial charge on any atom is -0.457 e. The van der Waals surface area contributed by atoms with Crippen LogP contribution in [0.1, 0.15) is 16.1 Å². The summed E-state index contributed by atoms with van der Waals surface area (Å²) in [6.07, 6.45) is 1.50. The first-order valence-electron chi connectivity index (χ1n) is 8.84. The third kappa shape index (κ3) is 4.19. The van der Waals surface area contributed by atoms with Crippen molar-refractivity contribution in [1.82, 2.24) is 15.6 Å². The molecule has 0 fully saturated rings. The molecule has 0 bridgehead atoms. The lowest BCUT2D eigenvalue weighted by molar-refractivity contribution is 0.0951. The van der Waals surface area contributed by atoms with E-state index >= 15 is 0 Å². The maximum Gasteiger partial charge on any atom is 0.292 e. The third-order valence-corrected chi connectivity index (χ3v) is 4.13. The van der Waals surface area contributed by atoms with E-state index in [4.69, 9.17) is 4.74 Å². The number of rotatable bonds is 5. The molecule has 7 nitrogen and oxygen atoms in total.